The molecule has 0 spiro atoms. The molecule has 0 aliphatic carbocycles. The molecular weight excluding hydrogens is 545 g/mol. The van der Waals surface area contributed by atoms with Gasteiger partial charge in [0.05, 0.1) is 5.92 Å². The van der Waals surface area contributed by atoms with Gasteiger partial charge in [-0.1, -0.05) is 48.5 Å². The molecule has 8 heteroatoms. The summed E-state index contributed by atoms with van der Waals surface area (Å²) in [5, 5.41) is 0. The predicted molar refractivity (Wildman–Crippen MR) is 155 cm³/mol. The van der Waals surface area contributed by atoms with Crippen LogP contribution in [0.3, 0.4) is 0 Å². The van der Waals surface area contributed by atoms with Gasteiger partial charge in [-0.15, -0.1) is 11.6 Å². The third-order valence-electron chi connectivity index (χ3n) is 6.86. The number of Topliss-reactive ketones (excluding diaryl/α,β-unsaturated/α-hetero) is 1. The molecule has 0 bridgehead atoms. The number of carbonyl (C=O) groups excluding carboxylic acids is 3. The number of alkyl halides is 1. The van der Waals surface area contributed by atoms with Crippen LogP contribution in [0, 0.1) is 11.7 Å². The van der Waals surface area contributed by atoms with Gasteiger partial charge in [0.1, 0.15) is 17.3 Å². The van der Waals surface area contributed by atoms with Crippen molar-refractivity contribution in [1.82, 2.24) is 0 Å². The zero-order valence-electron chi connectivity index (χ0n) is 22.0. The maximum absolute atomic E-state index is 13.3. The first-order valence-corrected chi connectivity index (χ1v) is 13.8. The van der Waals surface area contributed by atoms with Crippen molar-refractivity contribution in [3.05, 3.63) is 115 Å². The summed E-state index contributed by atoms with van der Waals surface area (Å²) in [5.41, 5.74) is 2.83. The molecule has 0 unspecified atom stereocenters. The summed E-state index contributed by atoms with van der Waals surface area (Å²) in [6.07, 6.45) is -1.06. The first kappa shape index (κ1) is 28.1. The van der Waals surface area contributed by atoms with Gasteiger partial charge in [0.2, 0.25) is 11.7 Å². The topological polar surface area (TPSA) is 72.9 Å². The smallest absolute Gasteiger partial charge is 0.312 e. The molecule has 5 rings (SSSR count). The fourth-order valence-electron chi connectivity index (χ4n) is 4.73. The fourth-order valence-corrected chi connectivity index (χ4v) is 4.93. The van der Waals surface area contributed by atoms with Crippen molar-refractivity contribution in [2.45, 2.75) is 18.9 Å². The summed E-state index contributed by atoms with van der Waals surface area (Å²) in [4.78, 5) is 40.2. The maximum atomic E-state index is 13.3. The monoisotopic (exact) mass is 571 g/mol. The van der Waals surface area contributed by atoms with Crippen molar-refractivity contribution in [3.8, 4) is 22.6 Å². The zero-order chi connectivity index (χ0) is 28.8. The molecule has 0 saturated carbocycles. The fraction of sp³-hybridized carbons (Fsp3) is 0.182. The number of amides is 1. The van der Waals surface area contributed by atoms with Crippen molar-refractivity contribution < 1.29 is 28.2 Å². The summed E-state index contributed by atoms with van der Waals surface area (Å²) in [7, 11) is 0. The molecule has 6 nitrogen and oxygen atoms in total. The molecule has 1 aliphatic rings. The van der Waals surface area contributed by atoms with Gasteiger partial charge in [0, 0.05) is 42.1 Å². The first-order chi connectivity index (χ1) is 19.9. The number of benzene rings is 4. The largest absolute Gasteiger partial charge is 0.457 e. The van der Waals surface area contributed by atoms with Crippen LogP contribution in [0.2, 0.25) is 0 Å². The summed E-state index contributed by atoms with van der Waals surface area (Å²) in [6, 6.07) is 29.8. The van der Waals surface area contributed by atoms with Gasteiger partial charge in [-0.3, -0.25) is 14.4 Å². The Hall–Kier alpha value is -4.49. The standard InChI is InChI=1S/C33H27ClFNO5/c34-19-18-30(32(38)23-10-12-25(35)13-11-23)41-33(39)24-20-31(37)36(21-24)26-14-16-27(17-15-26)40-29-9-5-4-8-28(29)22-6-2-1-3-7-22/h1-17,24,30H,18-21H2/t24-,30+/m1/s1. The summed E-state index contributed by atoms with van der Waals surface area (Å²) < 4.78 is 24.9. The average Bonchev–Trinajstić information content (AvgIpc) is 3.39. The molecule has 0 N–H and O–H groups in total. The third kappa shape index (κ3) is 6.64. The molecule has 1 saturated heterocycles. The molecule has 2 atom stereocenters. The third-order valence-corrected chi connectivity index (χ3v) is 7.08. The number of carbonyl (C=O) groups is 3. The van der Waals surface area contributed by atoms with Crippen molar-refractivity contribution >= 4 is 34.9 Å². The molecule has 4 aromatic rings. The molecule has 0 aromatic heterocycles. The molecule has 1 fully saturated rings. The minimum absolute atomic E-state index is 0.0418. The van der Waals surface area contributed by atoms with Gasteiger partial charge < -0.3 is 14.4 Å². The van der Waals surface area contributed by atoms with E-state index in [9.17, 15) is 18.8 Å². The molecule has 1 amide bonds. The minimum atomic E-state index is -1.12. The highest BCUT2D eigenvalue weighted by Gasteiger charge is 2.38. The number of para-hydroxylation sites is 1. The van der Waals surface area contributed by atoms with Crippen molar-refractivity contribution in [2.24, 2.45) is 5.92 Å². The van der Waals surface area contributed by atoms with Crippen LogP contribution >= 0.6 is 11.6 Å². The van der Waals surface area contributed by atoms with E-state index in [0.717, 1.165) is 11.1 Å². The Morgan fingerprint density at radius 1 is 0.902 bits per heavy atom. The second kappa shape index (κ2) is 12.8. The summed E-state index contributed by atoms with van der Waals surface area (Å²) in [5.74, 6) is -1.17. The minimum Gasteiger partial charge on any atom is -0.457 e. The zero-order valence-corrected chi connectivity index (χ0v) is 22.8. The Bertz CT molecular complexity index is 1530. The normalized spacial score (nSPS) is 15.4. The van der Waals surface area contributed by atoms with Crippen molar-refractivity contribution in [2.75, 3.05) is 17.3 Å². The van der Waals surface area contributed by atoms with Gasteiger partial charge in [-0.25, -0.2) is 4.39 Å². The van der Waals surface area contributed by atoms with E-state index in [-0.39, 0.29) is 36.7 Å². The number of ether oxygens (including phenoxy) is 2. The SMILES string of the molecule is O=C(O[C@@H](CCCl)C(=O)c1ccc(F)cc1)[C@@H]1CC(=O)N(c2ccc(Oc3ccccc3-c3ccccc3)cc2)C1. The lowest BCUT2D eigenvalue weighted by molar-refractivity contribution is -0.151. The number of ketones is 1. The number of esters is 1. The van der Waals surface area contributed by atoms with E-state index in [1.54, 1.807) is 24.3 Å². The maximum Gasteiger partial charge on any atom is 0.312 e. The van der Waals surface area contributed by atoms with Crippen LogP contribution in [0.1, 0.15) is 23.2 Å². The second-order valence-corrected chi connectivity index (χ2v) is 10.0. The number of anilines is 1. The second-order valence-electron chi connectivity index (χ2n) is 9.64. The molecule has 41 heavy (non-hydrogen) atoms. The van der Waals surface area contributed by atoms with Crippen molar-refractivity contribution in [3.63, 3.8) is 0 Å². The van der Waals surface area contributed by atoms with Crippen LogP contribution in [0.5, 0.6) is 11.5 Å². The quantitative estimate of drug-likeness (QED) is 0.116. The Morgan fingerprint density at radius 2 is 1.59 bits per heavy atom. The molecule has 4 aromatic carbocycles. The lowest BCUT2D eigenvalue weighted by atomic mass is 10.0. The van der Waals surface area contributed by atoms with Gasteiger partial charge >= 0.3 is 5.97 Å². The summed E-state index contributed by atoms with van der Waals surface area (Å²) >= 11 is 5.85. The van der Waals surface area contributed by atoms with Crippen LogP contribution in [0.25, 0.3) is 11.1 Å². The Balaban J connectivity index is 1.24. The van der Waals surface area contributed by atoms with Crippen molar-refractivity contribution in [1.29, 1.82) is 0 Å². The van der Waals surface area contributed by atoms with Crippen LogP contribution in [0.4, 0.5) is 10.1 Å². The Labute approximate surface area is 242 Å². The lowest BCUT2D eigenvalue weighted by Crippen LogP contribution is -2.32. The average molecular weight is 572 g/mol. The predicted octanol–water partition coefficient (Wildman–Crippen LogP) is 7.06. The highest BCUT2D eigenvalue weighted by Crippen LogP contribution is 2.34. The molecule has 208 valence electrons. The van der Waals surface area contributed by atoms with E-state index in [4.69, 9.17) is 21.1 Å². The van der Waals surface area contributed by atoms with E-state index >= 15 is 0 Å². The van der Waals surface area contributed by atoms with Crippen LogP contribution in [-0.2, 0) is 14.3 Å². The molecule has 1 aliphatic heterocycles. The lowest BCUT2D eigenvalue weighted by Gasteiger charge is -2.19. The van der Waals surface area contributed by atoms with Crippen LogP contribution in [0.15, 0.2) is 103 Å². The van der Waals surface area contributed by atoms with E-state index < -0.39 is 29.6 Å². The number of halogens is 2. The van der Waals surface area contributed by atoms with Gasteiger partial charge in [0.15, 0.2) is 6.10 Å². The highest BCUT2D eigenvalue weighted by atomic mass is 35.5. The molecule has 0 radical (unpaired) electrons. The Morgan fingerprint density at radius 3 is 2.29 bits per heavy atom. The van der Waals surface area contributed by atoms with E-state index in [1.807, 2.05) is 54.6 Å². The van der Waals surface area contributed by atoms with Gasteiger partial charge in [0.25, 0.3) is 0 Å². The van der Waals surface area contributed by atoms with Gasteiger partial charge in [-0.2, -0.15) is 0 Å². The summed E-state index contributed by atoms with van der Waals surface area (Å²) in [6.45, 7) is 0.118. The number of rotatable bonds is 10. The number of hydrogen-bond acceptors (Lipinski definition) is 5. The molecule has 1 heterocycles. The number of hydrogen-bond donors (Lipinski definition) is 0. The first-order valence-electron chi connectivity index (χ1n) is 13.2. The van der Waals surface area contributed by atoms with E-state index in [2.05, 4.69) is 0 Å². The van der Waals surface area contributed by atoms with Gasteiger partial charge in [-0.05, 0) is 60.2 Å². The number of nitrogens with zero attached hydrogens (tertiary/aromatic N) is 1. The molecular formula is C33H27ClFNO5. The van der Waals surface area contributed by atoms with Crippen LogP contribution < -0.4 is 9.64 Å². The van der Waals surface area contributed by atoms with Crippen LogP contribution in [-0.4, -0.2) is 36.2 Å². The highest BCUT2D eigenvalue weighted by molar-refractivity contribution is 6.18. The van der Waals surface area contributed by atoms with E-state index in [1.165, 1.54) is 29.2 Å². The van der Waals surface area contributed by atoms with E-state index in [0.29, 0.717) is 17.2 Å². The Kier molecular flexibility index (Phi) is 8.75.